The highest BCUT2D eigenvalue weighted by molar-refractivity contribution is 6.74. The Labute approximate surface area is 149 Å². The number of hydrogen-bond donors (Lipinski definition) is 1. The van der Waals surface area contributed by atoms with Gasteiger partial charge in [0.2, 0.25) is 0 Å². The molecule has 0 bridgehead atoms. The van der Waals surface area contributed by atoms with Gasteiger partial charge in [0.1, 0.15) is 12.3 Å². The molecule has 1 aliphatic heterocycles. The molecule has 7 nitrogen and oxygen atoms in total. The average molecular weight is 371 g/mol. The van der Waals surface area contributed by atoms with Crippen LogP contribution in [0, 0.1) is 6.92 Å². The highest BCUT2D eigenvalue weighted by Crippen LogP contribution is 2.37. The van der Waals surface area contributed by atoms with Gasteiger partial charge in [-0.3, -0.25) is 13.9 Å². The summed E-state index contributed by atoms with van der Waals surface area (Å²) in [6.07, 6.45) is 0.00570. The summed E-state index contributed by atoms with van der Waals surface area (Å²) in [5.74, 6) is 0. The van der Waals surface area contributed by atoms with Crippen molar-refractivity contribution in [1.82, 2.24) is 9.13 Å². The van der Waals surface area contributed by atoms with Crippen molar-refractivity contribution in [2.24, 2.45) is 7.05 Å². The second kappa shape index (κ2) is 6.83. The predicted octanol–water partition coefficient (Wildman–Crippen LogP) is 1.53. The lowest BCUT2D eigenvalue weighted by molar-refractivity contribution is -0.0436. The van der Waals surface area contributed by atoms with Crippen molar-refractivity contribution < 1.29 is 14.3 Å². The first-order valence-electron chi connectivity index (χ1n) is 8.61. The van der Waals surface area contributed by atoms with Crippen molar-refractivity contribution in [1.29, 1.82) is 0 Å². The van der Waals surface area contributed by atoms with Gasteiger partial charge in [0.15, 0.2) is 8.32 Å². The Morgan fingerprint density at radius 2 is 1.96 bits per heavy atom. The van der Waals surface area contributed by atoms with Crippen molar-refractivity contribution in [2.75, 3.05) is 6.61 Å². The Hall–Kier alpha value is -1.22. The van der Waals surface area contributed by atoms with Gasteiger partial charge in [-0.05, 0) is 25.1 Å². The molecule has 1 aliphatic rings. The topological polar surface area (TPSA) is 82.7 Å². The molecule has 2 rings (SSSR count). The lowest BCUT2D eigenvalue weighted by Crippen LogP contribution is -2.44. The molecule has 0 amide bonds. The molecule has 0 saturated carbocycles. The molecule has 0 aliphatic carbocycles. The summed E-state index contributed by atoms with van der Waals surface area (Å²) in [6, 6.07) is 0. The Morgan fingerprint density at radius 1 is 1.36 bits per heavy atom. The molecular formula is C17H30N2O5Si. The molecule has 1 fully saturated rings. The van der Waals surface area contributed by atoms with E-state index < -0.39 is 32.4 Å². The van der Waals surface area contributed by atoms with E-state index in [-0.39, 0.29) is 10.6 Å². The predicted molar refractivity (Wildman–Crippen MR) is 98.4 cm³/mol. The third kappa shape index (κ3) is 3.97. The van der Waals surface area contributed by atoms with Crippen molar-refractivity contribution in [2.45, 2.75) is 70.7 Å². The largest absolute Gasteiger partial charge is 0.414 e. The number of ether oxygens (including phenoxy) is 1. The zero-order chi connectivity index (χ0) is 19.2. The van der Waals surface area contributed by atoms with Crippen LogP contribution >= 0.6 is 0 Å². The van der Waals surface area contributed by atoms with E-state index in [9.17, 15) is 14.7 Å². The molecule has 1 aromatic heterocycles. The second-order valence-electron chi connectivity index (χ2n) is 8.37. The van der Waals surface area contributed by atoms with Crippen LogP contribution in [-0.2, 0) is 16.2 Å². The minimum Gasteiger partial charge on any atom is -0.414 e. The lowest BCUT2D eigenvalue weighted by Gasteiger charge is -2.37. The van der Waals surface area contributed by atoms with Gasteiger partial charge < -0.3 is 14.3 Å². The highest BCUT2D eigenvalue weighted by Gasteiger charge is 2.41. The van der Waals surface area contributed by atoms with E-state index in [1.807, 2.05) is 0 Å². The second-order valence-corrected chi connectivity index (χ2v) is 13.2. The maximum absolute atomic E-state index is 12.3. The van der Waals surface area contributed by atoms with E-state index in [2.05, 4.69) is 33.9 Å². The Kier molecular flexibility index (Phi) is 5.49. The van der Waals surface area contributed by atoms with Crippen LogP contribution in [0.15, 0.2) is 15.8 Å². The van der Waals surface area contributed by atoms with E-state index in [4.69, 9.17) is 9.16 Å². The van der Waals surface area contributed by atoms with Crippen molar-refractivity contribution in [3.05, 3.63) is 32.6 Å². The summed E-state index contributed by atoms with van der Waals surface area (Å²) in [6.45, 7) is 12.7. The van der Waals surface area contributed by atoms with Crippen molar-refractivity contribution in [3.8, 4) is 0 Å². The van der Waals surface area contributed by atoms with Crippen LogP contribution in [-0.4, -0.2) is 41.4 Å². The molecule has 1 aromatic rings. The zero-order valence-corrected chi connectivity index (χ0v) is 17.2. The molecule has 25 heavy (non-hydrogen) atoms. The number of aromatic nitrogens is 2. The van der Waals surface area contributed by atoms with Crippen LogP contribution in [0.2, 0.25) is 18.1 Å². The van der Waals surface area contributed by atoms with Crippen LogP contribution in [0.25, 0.3) is 0 Å². The number of aliphatic hydroxyl groups excluding tert-OH is 1. The standard InChI is InChI=1S/C17H30N2O5Si/c1-11-9-19(16(22)18(5)15(11)21)14-8-12(20)13(24-14)10-23-25(6,7)17(2,3)4/h9,12-14,20H,8,10H2,1-7H3/t12-,13+,14+/m0/s1. The first-order chi connectivity index (χ1) is 11.3. The maximum atomic E-state index is 12.3. The van der Waals surface area contributed by atoms with Crippen molar-refractivity contribution >= 4 is 8.32 Å². The number of aryl methyl sites for hydroxylation is 1. The van der Waals surface area contributed by atoms with Gasteiger partial charge in [-0.25, -0.2) is 4.79 Å². The summed E-state index contributed by atoms with van der Waals surface area (Å²) in [7, 11) is -0.503. The molecule has 3 atom stereocenters. The summed E-state index contributed by atoms with van der Waals surface area (Å²) >= 11 is 0. The molecule has 0 aromatic carbocycles. The fourth-order valence-electron chi connectivity index (χ4n) is 2.59. The Morgan fingerprint density at radius 3 is 2.52 bits per heavy atom. The number of hydrogen-bond acceptors (Lipinski definition) is 5. The quantitative estimate of drug-likeness (QED) is 0.813. The fraction of sp³-hybridized carbons (Fsp3) is 0.765. The minimum atomic E-state index is -1.94. The number of rotatable bonds is 4. The molecule has 0 spiro atoms. The summed E-state index contributed by atoms with van der Waals surface area (Å²) < 4.78 is 14.5. The minimum absolute atomic E-state index is 0.0711. The molecular weight excluding hydrogens is 340 g/mol. The molecule has 0 radical (unpaired) electrons. The average Bonchev–Trinajstić information content (AvgIpc) is 2.86. The molecule has 1 saturated heterocycles. The van der Waals surface area contributed by atoms with Crippen LogP contribution in [0.3, 0.4) is 0 Å². The first-order valence-corrected chi connectivity index (χ1v) is 11.5. The van der Waals surface area contributed by atoms with Gasteiger partial charge in [-0.15, -0.1) is 0 Å². The third-order valence-corrected chi connectivity index (χ3v) is 9.91. The fourth-order valence-corrected chi connectivity index (χ4v) is 3.61. The normalized spacial score (nSPS) is 24.7. The van der Waals surface area contributed by atoms with Gasteiger partial charge in [0.25, 0.3) is 5.56 Å². The smallest absolute Gasteiger partial charge is 0.332 e. The van der Waals surface area contributed by atoms with Crippen molar-refractivity contribution in [3.63, 3.8) is 0 Å². The van der Waals surface area contributed by atoms with Gasteiger partial charge in [-0.2, -0.15) is 0 Å². The van der Waals surface area contributed by atoms with Gasteiger partial charge in [0.05, 0.1) is 12.7 Å². The van der Waals surface area contributed by atoms with Crippen LogP contribution < -0.4 is 11.2 Å². The van der Waals surface area contributed by atoms with E-state index in [0.717, 1.165) is 4.57 Å². The first kappa shape index (κ1) is 20.1. The SMILES string of the molecule is Cc1cn([C@H]2C[C@H](O)[C@@H](CO[Si](C)(C)C(C)(C)C)O2)c(=O)n(C)c1=O. The van der Waals surface area contributed by atoms with Crippen LogP contribution in [0.1, 0.15) is 39.0 Å². The molecule has 0 unspecified atom stereocenters. The highest BCUT2D eigenvalue weighted by atomic mass is 28.4. The summed E-state index contributed by atoms with van der Waals surface area (Å²) in [5, 5.41) is 10.4. The maximum Gasteiger partial charge on any atom is 0.332 e. The summed E-state index contributed by atoms with van der Waals surface area (Å²) in [5.41, 5.74) is -0.308. The Balaban J connectivity index is 2.15. The van der Waals surface area contributed by atoms with E-state index in [1.165, 1.54) is 17.8 Å². The molecule has 1 N–H and O–H groups in total. The third-order valence-electron chi connectivity index (χ3n) is 5.41. The van der Waals surface area contributed by atoms with E-state index >= 15 is 0 Å². The molecule has 142 valence electrons. The lowest BCUT2D eigenvalue weighted by atomic mass is 10.2. The summed E-state index contributed by atoms with van der Waals surface area (Å²) in [4.78, 5) is 24.2. The zero-order valence-electron chi connectivity index (χ0n) is 16.2. The van der Waals surface area contributed by atoms with E-state index in [1.54, 1.807) is 6.92 Å². The molecule has 8 heteroatoms. The molecule has 2 heterocycles. The van der Waals surface area contributed by atoms with Crippen LogP contribution in [0.4, 0.5) is 0 Å². The van der Waals surface area contributed by atoms with Crippen LogP contribution in [0.5, 0.6) is 0 Å². The van der Waals surface area contributed by atoms with Gasteiger partial charge >= 0.3 is 5.69 Å². The Bertz CT molecular complexity index is 747. The van der Waals surface area contributed by atoms with Gasteiger partial charge in [0, 0.05) is 25.2 Å². The van der Waals surface area contributed by atoms with Gasteiger partial charge in [-0.1, -0.05) is 20.8 Å². The van der Waals surface area contributed by atoms with E-state index in [0.29, 0.717) is 18.6 Å². The number of aliphatic hydroxyl groups is 1. The number of nitrogens with zero attached hydrogens (tertiary/aromatic N) is 2. The monoisotopic (exact) mass is 370 g/mol.